The minimum atomic E-state index is -0.493. The monoisotopic (exact) mass is 209 g/mol. The summed E-state index contributed by atoms with van der Waals surface area (Å²) in [6.45, 7) is 1.71. The van der Waals surface area contributed by atoms with E-state index in [9.17, 15) is 4.79 Å². The Balaban J connectivity index is 1.87. The van der Waals surface area contributed by atoms with Gasteiger partial charge in [0.15, 0.2) is 0 Å². The Morgan fingerprint density at radius 2 is 2.47 bits per heavy atom. The third kappa shape index (κ3) is 1.88. The predicted molar refractivity (Wildman–Crippen MR) is 54.9 cm³/mol. The van der Waals surface area contributed by atoms with E-state index in [-0.39, 0.29) is 5.91 Å². The number of carbonyl (C=O) groups excluding carboxylic acids is 1. The second-order valence-electron chi connectivity index (χ2n) is 3.86. The number of nitrogens with two attached hydrogens (primary N) is 1. The van der Waals surface area contributed by atoms with Crippen molar-refractivity contribution in [2.24, 2.45) is 11.1 Å². The summed E-state index contributed by atoms with van der Waals surface area (Å²) in [4.78, 5) is 14.8. The Labute approximate surface area is 88.0 Å². The molecule has 0 bridgehead atoms. The predicted octanol–water partition coefficient (Wildman–Crippen LogP) is -0.394. The van der Waals surface area contributed by atoms with Crippen LogP contribution in [0.3, 0.4) is 0 Å². The van der Waals surface area contributed by atoms with Crippen molar-refractivity contribution in [3.8, 4) is 0 Å². The molecule has 0 spiro atoms. The summed E-state index contributed by atoms with van der Waals surface area (Å²) in [5.74, 6) is -0.0224. The summed E-state index contributed by atoms with van der Waals surface area (Å²) in [6.07, 6.45) is 1.83. The van der Waals surface area contributed by atoms with E-state index in [1.165, 1.54) is 0 Å². The van der Waals surface area contributed by atoms with Gasteiger partial charge in [-0.05, 0) is 12.1 Å². The summed E-state index contributed by atoms with van der Waals surface area (Å²) in [5, 5.41) is 2.85. The molecule has 1 saturated heterocycles. The number of aromatic amines is 1. The van der Waals surface area contributed by atoms with Gasteiger partial charge in [0, 0.05) is 18.4 Å². The van der Waals surface area contributed by atoms with Gasteiger partial charge in [-0.1, -0.05) is 0 Å². The van der Waals surface area contributed by atoms with Crippen LogP contribution >= 0.6 is 0 Å². The van der Waals surface area contributed by atoms with Crippen molar-refractivity contribution in [1.82, 2.24) is 10.3 Å². The molecule has 0 aliphatic carbocycles. The Morgan fingerprint density at radius 3 is 2.93 bits per heavy atom. The van der Waals surface area contributed by atoms with Crippen LogP contribution in [0.2, 0.25) is 0 Å². The molecular formula is C10H15N3O2. The highest BCUT2D eigenvalue weighted by Crippen LogP contribution is 2.26. The molecule has 0 radical (unpaired) electrons. The van der Waals surface area contributed by atoms with E-state index in [0.29, 0.717) is 26.3 Å². The first kappa shape index (κ1) is 10.2. The summed E-state index contributed by atoms with van der Waals surface area (Å²) in [7, 11) is 0. The van der Waals surface area contributed by atoms with Crippen molar-refractivity contribution < 1.29 is 9.53 Å². The first-order valence-electron chi connectivity index (χ1n) is 4.95. The summed E-state index contributed by atoms with van der Waals surface area (Å²) >= 11 is 0. The second kappa shape index (κ2) is 4.04. The molecule has 0 unspecified atom stereocenters. The third-order valence-electron chi connectivity index (χ3n) is 2.73. The number of ether oxygens (including phenoxy) is 1. The molecule has 1 aliphatic heterocycles. The number of rotatable bonds is 4. The minimum absolute atomic E-state index is 0.0224. The van der Waals surface area contributed by atoms with Crippen LogP contribution in [-0.2, 0) is 16.1 Å². The molecule has 5 heteroatoms. The van der Waals surface area contributed by atoms with Crippen molar-refractivity contribution in [2.75, 3.05) is 19.8 Å². The van der Waals surface area contributed by atoms with E-state index in [0.717, 1.165) is 5.69 Å². The Kier molecular flexibility index (Phi) is 2.75. The van der Waals surface area contributed by atoms with Crippen molar-refractivity contribution in [3.63, 3.8) is 0 Å². The van der Waals surface area contributed by atoms with Gasteiger partial charge in [0.25, 0.3) is 0 Å². The van der Waals surface area contributed by atoms with Crippen LogP contribution in [0.4, 0.5) is 0 Å². The highest BCUT2D eigenvalue weighted by Gasteiger charge is 2.44. The summed E-state index contributed by atoms with van der Waals surface area (Å²) < 4.78 is 5.04. The van der Waals surface area contributed by atoms with Gasteiger partial charge in [0.1, 0.15) is 5.41 Å². The molecule has 1 aromatic heterocycles. The van der Waals surface area contributed by atoms with E-state index in [2.05, 4.69) is 10.3 Å². The molecule has 1 fully saturated rings. The quantitative estimate of drug-likeness (QED) is 0.631. The lowest BCUT2D eigenvalue weighted by atomic mass is 9.85. The van der Waals surface area contributed by atoms with E-state index in [4.69, 9.17) is 10.5 Å². The van der Waals surface area contributed by atoms with E-state index < -0.39 is 5.41 Å². The van der Waals surface area contributed by atoms with E-state index in [1.807, 2.05) is 18.3 Å². The number of hydrogen-bond acceptors (Lipinski definition) is 3. The molecule has 5 nitrogen and oxygen atoms in total. The Bertz CT molecular complexity index is 325. The van der Waals surface area contributed by atoms with Gasteiger partial charge < -0.3 is 20.8 Å². The molecule has 4 N–H and O–H groups in total. The fourth-order valence-electron chi connectivity index (χ4n) is 1.53. The van der Waals surface area contributed by atoms with Gasteiger partial charge in [-0.2, -0.15) is 0 Å². The third-order valence-corrected chi connectivity index (χ3v) is 2.73. The zero-order valence-electron chi connectivity index (χ0n) is 8.45. The molecule has 82 valence electrons. The van der Waals surface area contributed by atoms with Crippen LogP contribution in [0.1, 0.15) is 5.69 Å². The average molecular weight is 209 g/mol. The topological polar surface area (TPSA) is 80.1 Å². The zero-order chi connectivity index (χ0) is 10.7. The lowest BCUT2D eigenvalue weighted by Crippen LogP contribution is -2.58. The van der Waals surface area contributed by atoms with Crippen molar-refractivity contribution in [1.29, 1.82) is 0 Å². The van der Waals surface area contributed by atoms with Gasteiger partial charge in [-0.25, -0.2) is 0 Å². The molecule has 1 aromatic rings. The second-order valence-corrected chi connectivity index (χ2v) is 3.86. The van der Waals surface area contributed by atoms with Crippen molar-refractivity contribution >= 4 is 5.91 Å². The number of nitrogens with one attached hydrogen (secondary N) is 2. The number of carbonyl (C=O) groups is 1. The Hall–Kier alpha value is -1.33. The molecule has 0 aromatic carbocycles. The molecule has 1 amide bonds. The maximum Gasteiger partial charge on any atom is 0.232 e. The first-order chi connectivity index (χ1) is 7.27. The highest BCUT2D eigenvalue weighted by molar-refractivity contribution is 5.83. The molecule has 2 rings (SSSR count). The SMILES string of the molecule is NCC1(C(=O)NCc2ccc[nH]2)COC1. The lowest BCUT2D eigenvalue weighted by molar-refractivity contribution is -0.159. The maximum absolute atomic E-state index is 11.8. The van der Waals surface area contributed by atoms with Crippen LogP contribution in [0.5, 0.6) is 0 Å². The summed E-state index contributed by atoms with van der Waals surface area (Å²) in [5.41, 5.74) is 6.06. The van der Waals surface area contributed by atoms with Crippen LogP contribution in [0.15, 0.2) is 18.3 Å². The van der Waals surface area contributed by atoms with Gasteiger partial charge in [0.05, 0.1) is 19.8 Å². The standard InChI is InChI=1S/C10H15N3O2/c11-5-10(6-15-7-10)9(14)13-4-8-2-1-3-12-8/h1-3,12H,4-7,11H2,(H,13,14). The normalized spacial score (nSPS) is 18.2. The van der Waals surface area contributed by atoms with Gasteiger partial charge in [-0.15, -0.1) is 0 Å². The molecule has 15 heavy (non-hydrogen) atoms. The largest absolute Gasteiger partial charge is 0.379 e. The van der Waals surface area contributed by atoms with Gasteiger partial charge >= 0.3 is 0 Å². The fourth-order valence-corrected chi connectivity index (χ4v) is 1.53. The highest BCUT2D eigenvalue weighted by atomic mass is 16.5. The molecular weight excluding hydrogens is 194 g/mol. The number of H-pyrrole nitrogens is 1. The van der Waals surface area contributed by atoms with Gasteiger partial charge in [0.2, 0.25) is 5.91 Å². The number of amides is 1. The van der Waals surface area contributed by atoms with Gasteiger partial charge in [-0.3, -0.25) is 4.79 Å². The van der Waals surface area contributed by atoms with Crippen molar-refractivity contribution in [3.05, 3.63) is 24.0 Å². The smallest absolute Gasteiger partial charge is 0.232 e. The van der Waals surface area contributed by atoms with E-state index in [1.54, 1.807) is 0 Å². The van der Waals surface area contributed by atoms with Crippen LogP contribution < -0.4 is 11.1 Å². The van der Waals surface area contributed by atoms with Crippen LogP contribution in [-0.4, -0.2) is 30.6 Å². The first-order valence-corrected chi connectivity index (χ1v) is 4.95. The maximum atomic E-state index is 11.8. The Morgan fingerprint density at radius 1 is 1.67 bits per heavy atom. The van der Waals surface area contributed by atoms with Crippen LogP contribution in [0, 0.1) is 5.41 Å². The minimum Gasteiger partial charge on any atom is -0.379 e. The molecule has 2 heterocycles. The fraction of sp³-hybridized carbons (Fsp3) is 0.500. The number of aromatic nitrogens is 1. The molecule has 0 atom stereocenters. The van der Waals surface area contributed by atoms with Crippen LogP contribution in [0.25, 0.3) is 0 Å². The van der Waals surface area contributed by atoms with E-state index >= 15 is 0 Å². The zero-order valence-corrected chi connectivity index (χ0v) is 8.45. The number of hydrogen-bond donors (Lipinski definition) is 3. The lowest BCUT2D eigenvalue weighted by Gasteiger charge is -2.38. The van der Waals surface area contributed by atoms with Crippen molar-refractivity contribution in [2.45, 2.75) is 6.54 Å². The molecule has 1 aliphatic rings. The molecule has 0 saturated carbocycles. The summed E-state index contributed by atoms with van der Waals surface area (Å²) in [6, 6.07) is 3.82. The average Bonchev–Trinajstić information content (AvgIpc) is 2.66.